The van der Waals surface area contributed by atoms with E-state index in [0.29, 0.717) is 19.3 Å². The molecule has 6 nitrogen and oxygen atoms in total. The number of aliphatic carboxylic acids is 1. The highest BCUT2D eigenvalue weighted by molar-refractivity contribution is 7.87. The van der Waals surface area contributed by atoms with E-state index >= 15 is 0 Å². The summed E-state index contributed by atoms with van der Waals surface area (Å²) in [7, 11) is -3.83. The number of nitrogens with one attached hydrogen (secondary N) is 1. The highest BCUT2D eigenvalue weighted by atomic mass is 32.2. The van der Waals surface area contributed by atoms with Crippen molar-refractivity contribution in [2.24, 2.45) is 0 Å². The lowest BCUT2D eigenvalue weighted by Crippen LogP contribution is -2.53. The molecule has 96 valence electrons. The number of rotatable bonds is 4. The molecular weight excluding hydrogens is 244 g/mol. The first-order valence-electron chi connectivity index (χ1n) is 5.36. The normalized spacial score (nSPS) is 23.9. The predicted molar refractivity (Wildman–Crippen MR) is 62.3 cm³/mol. The molecule has 17 heavy (non-hydrogen) atoms. The molecule has 1 saturated heterocycles. The average Bonchev–Trinajstić information content (AvgIpc) is 2.28. The van der Waals surface area contributed by atoms with Gasteiger partial charge in [-0.05, 0) is 26.2 Å². The summed E-state index contributed by atoms with van der Waals surface area (Å²) in [5, 5.41) is 8.99. The Morgan fingerprint density at radius 1 is 1.59 bits per heavy atom. The van der Waals surface area contributed by atoms with E-state index in [9.17, 15) is 13.2 Å². The van der Waals surface area contributed by atoms with Crippen LogP contribution < -0.4 is 4.72 Å². The van der Waals surface area contributed by atoms with E-state index in [4.69, 9.17) is 11.5 Å². The molecule has 0 aliphatic carbocycles. The maximum atomic E-state index is 11.9. The largest absolute Gasteiger partial charge is 0.480 e. The first kappa shape index (κ1) is 14.0. The van der Waals surface area contributed by atoms with Crippen LogP contribution in [0.15, 0.2) is 0 Å². The maximum absolute atomic E-state index is 11.9. The Balaban J connectivity index is 2.88. The van der Waals surface area contributed by atoms with E-state index in [-0.39, 0.29) is 6.54 Å². The van der Waals surface area contributed by atoms with Gasteiger partial charge in [0, 0.05) is 6.54 Å². The Morgan fingerprint density at radius 3 is 2.76 bits per heavy atom. The van der Waals surface area contributed by atoms with Gasteiger partial charge in [0.15, 0.2) is 0 Å². The Labute approximate surface area is 101 Å². The Kier molecular flexibility index (Phi) is 4.51. The van der Waals surface area contributed by atoms with E-state index in [1.807, 2.05) is 0 Å². The summed E-state index contributed by atoms with van der Waals surface area (Å²) in [6.45, 7) is 1.74. The first-order valence-corrected chi connectivity index (χ1v) is 6.80. The number of carbonyl (C=O) groups is 1. The molecule has 1 heterocycles. The fourth-order valence-electron chi connectivity index (χ4n) is 1.76. The minimum Gasteiger partial charge on any atom is -0.480 e. The molecule has 2 atom stereocenters. The molecule has 0 bridgehead atoms. The van der Waals surface area contributed by atoms with Crippen molar-refractivity contribution in [1.82, 2.24) is 9.03 Å². The van der Waals surface area contributed by atoms with Gasteiger partial charge in [0.05, 0.1) is 6.04 Å². The Hall–Kier alpha value is -1.10. The van der Waals surface area contributed by atoms with E-state index in [1.165, 1.54) is 6.92 Å². The summed E-state index contributed by atoms with van der Waals surface area (Å²) in [6.07, 6.45) is 6.80. The van der Waals surface area contributed by atoms with Crippen LogP contribution in [0.4, 0.5) is 0 Å². The van der Waals surface area contributed by atoms with Gasteiger partial charge in [-0.15, -0.1) is 6.42 Å². The topological polar surface area (TPSA) is 86.7 Å². The molecule has 7 heteroatoms. The molecule has 0 aromatic heterocycles. The Morgan fingerprint density at radius 2 is 2.24 bits per heavy atom. The average molecular weight is 260 g/mol. The third kappa shape index (κ3) is 3.43. The number of hydrogen-bond acceptors (Lipinski definition) is 3. The first-order chi connectivity index (χ1) is 7.88. The maximum Gasteiger partial charge on any atom is 0.322 e. The van der Waals surface area contributed by atoms with Crippen LogP contribution in [-0.2, 0) is 15.0 Å². The third-order valence-electron chi connectivity index (χ3n) is 2.62. The number of piperidine rings is 1. The number of terminal acetylenes is 1. The fourth-order valence-corrected chi connectivity index (χ4v) is 3.31. The lowest BCUT2D eigenvalue weighted by atomic mass is 10.1. The summed E-state index contributed by atoms with van der Waals surface area (Å²) in [4.78, 5) is 11.0. The zero-order valence-electron chi connectivity index (χ0n) is 9.59. The summed E-state index contributed by atoms with van der Waals surface area (Å²) in [5.41, 5.74) is 0. The van der Waals surface area contributed by atoms with E-state index in [2.05, 4.69) is 10.6 Å². The van der Waals surface area contributed by atoms with Gasteiger partial charge in [0.2, 0.25) is 0 Å². The molecule has 1 fully saturated rings. The molecule has 0 amide bonds. The zero-order chi connectivity index (χ0) is 13.1. The SMILES string of the molecule is C#CC(C)NS(=O)(=O)N1CCCCC1C(=O)O. The van der Waals surface area contributed by atoms with Gasteiger partial charge in [-0.25, -0.2) is 0 Å². The second-order valence-electron chi connectivity index (χ2n) is 3.97. The van der Waals surface area contributed by atoms with E-state index in [0.717, 1.165) is 4.31 Å². The molecule has 0 saturated carbocycles. The van der Waals surface area contributed by atoms with Crippen LogP contribution in [0.25, 0.3) is 0 Å². The van der Waals surface area contributed by atoms with Gasteiger partial charge in [-0.1, -0.05) is 5.92 Å². The summed E-state index contributed by atoms with van der Waals surface area (Å²) in [6, 6.07) is -1.65. The standard InChI is InChI=1S/C10H16N2O4S/c1-3-8(2)11-17(15,16)12-7-5-4-6-9(12)10(13)14/h1,8-9,11H,4-7H2,2H3,(H,13,14). The highest BCUT2D eigenvalue weighted by Gasteiger charge is 2.36. The van der Waals surface area contributed by atoms with Crippen LogP contribution in [0, 0.1) is 12.3 Å². The van der Waals surface area contributed by atoms with Crippen LogP contribution in [0.1, 0.15) is 26.2 Å². The predicted octanol–water partition coefficient (Wildman–Crippen LogP) is -0.218. The van der Waals surface area contributed by atoms with Crippen LogP contribution in [0.3, 0.4) is 0 Å². The van der Waals surface area contributed by atoms with Gasteiger partial charge in [0.25, 0.3) is 10.2 Å². The summed E-state index contributed by atoms with van der Waals surface area (Å²) in [5.74, 6) is 1.12. The number of hydrogen-bond donors (Lipinski definition) is 2. The molecule has 0 radical (unpaired) electrons. The lowest BCUT2D eigenvalue weighted by Gasteiger charge is -2.32. The van der Waals surface area contributed by atoms with Gasteiger partial charge in [-0.3, -0.25) is 4.79 Å². The van der Waals surface area contributed by atoms with Crippen molar-refractivity contribution in [2.45, 2.75) is 38.3 Å². The molecule has 1 aliphatic rings. The number of nitrogens with zero attached hydrogens (tertiary/aromatic N) is 1. The van der Waals surface area contributed by atoms with Gasteiger partial charge < -0.3 is 5.11 Å². The Bertz CT molecular complexity index is 426. The summed E-state index contributed by atoms with van der Waals surface area (Å²) >= 11 is 0. The minimum atomic E-state index is -3.83. The second kappa shape index (κ2) is 5.49. The highest BCUT2D eigenvalue weighted by Crippen LogP contribution is 2.20. The molecule has 0 aromatic rings. The lowest BCUT2D eigenvalue weighted by molar-refractivity contribution is -0.142. The van der Waals surface area contributed by atoms with Crippen molar-refractivity contribution >= 4 is 16.2 Å². The zero-order valence-corrected chi connectivity index (χ0v) is 10.4. The minimum absolute atomic E-state index is 0.212. The van der Waals surface area contributed by atoms with Gasteiger partial charge in [-0.2, -0.15) is 17.4 Å². The molecule has 1 aliphatic heterocycles. The number of carboxylic acids is 1. The molecule has 2 unspecified atom stereocenters. The molecule has 1 rings (SSSR count). The van der Waals surface area contributed by atoms with Crippen molar-refractivity contribution in [3.63, 3.8) is 0 Å². The molecule has 2 N–H and O–H groups in total. The van der Waals surface area contributed by atoms with Crippen molar-refractivity contribution in [1.29, 1.82) is 0 Å². The molecule has 0 aromatic carbocycles. The van der Waals surface area contributed by atoms with Crippen LogP contribution in [0.5, 0.6) is 0 Å². The van der Waals surface area contributed by atoms with Crippen molar-refractivity contribution in [2.75, 3.05) is 6.54 Å². The van der Waals surface area contributed by atoms with Gasteiger partial charge >= 0.3 is 5.97 Å². The van der Waals surface area contributed by atoms with Crippen molar-refractivity contribution < 1.29 is 18.3 Å². The quantitative estimate of drug-likeness (QED) is 0.684. The molecular formula is C10H16N2O4S. The second-order valence-corrected chi connectivity index (χ2v) is 5.63. The van der Waals surface area contributed by atoms with Crippen LogP contribution in [-0.4, -0.2) is 42.4 Å². The molecule has 0 spiro atoms. The van der Waals surface area contributed by atoms with Crippen LogP contribution in [0.2, 0.25) is 0 Å². The smallest absolute Gasteiger partial charge is 0.322 e. The fraction of sp³-hybridized carbons (Fsp3) is 0.700. The monoisotopic (exact) mass is 260 g/mol. The summed E-state index contributed by atoms with van der Waals surface area (Å²) < 4.78 is 27.1. The van der Waals surface area contributed by atoms with Gasteiger partial charge in [0.1, 0.15) is 6.04 Å². The van der Waals surface area contributed by atoms with E-state index in [1.54, 1.807) is 0 Å². The van der Waals surface area contributed by atoms with Crippen molar-refractivity contribution in [3.05, 3.63) is 0 Å². The third-order valence-corrected chi connectivity index (χ3v) is 4.33. The van der Waals surface area contributed by atoms with Crippen LogP contribution >= 0.6 is 0 Å². The van der Waals surface area contributed by atoms with Crippen molar-refractivity contribution in [3.8, 4) is 12.3 Å². The van der Waals surface area contributed by atoms with E-state index < -0.39 is 28.3 Å². The number of carboxylic acid groups (broad SMARTS) is 1.